The Morgan fingerprint density at radius 2 is 2.27 bits per heavy atom. The van der Waals surface area contributed by atoms with E-state index in [1.54, 1.807) is 7.05 Å². The van der Waals surface area contributed by atoms with E-state index >= 15 is 0 Å². The minimum atomic E-state index is 0.555. The zero-order valence-electron chi connectivity index (χ0n) is 6.29. The molecule has 0 aliphatic rings. The molecule has 1 aromatic carbocycles. The highest BCUT2D eigenvalue weighted by Gasteiger charge is 1.95. The molecular formula is C8H10BrNO. The third-order valence-electron chi connectivity index (χ3n) is 1.30. The van der Waals surface area contributed by atoms with Crippen molar-refractivity contribution in [3.8, 4) is 0 Å². The Hall–Kier alpha value is -0.380. The van der Waals surface area contributed by atoms with Gasteiger partial charge < -0.3 is 5.21 Å². The highest BCUT2D eigenvalue weighted by atomic mass is 79.9. The van der Waals surface area contributed by atoms with Crippen molar-refractivity contribution in [3.05, 3.63) is 34.3 Å². The van der Waals surface area contributed by atoms with Crippen LogP contribution in [0.15, 0.2) is 28.7 Å². The van der Waals surface area contributed by atoms with E-state index in [-0.39, 0.29) is 0 Å². The molecule has 0 saturated heterocycles. The molecule has 3 heteroatoms. The van der Waals surface area contributed by atoms with E-state index in [9.17, 15) is 0 Å². The Kier molecular flexibility index (Phi) is 3.05. The van der Waals surface area contributed by atoms with Crippen LogP contribution in [-0.4, -0.2) is 17.3 Å². The van der Waals surface area contributed by atoms with Crippen LogP contribution in [0.1, 0.15) is 5.56 Å². The molecule has 11 heavy (non-hydrogen) atoms. The first-order valence-corrected chi connectivity index (χ1v) is 4.12. The highest BCUT2D eigenvalue weighted by molar-refractivity contribution is 9.10. The van der Waals surface area contributed by atoms with E-state index in [0.717, 1.165) is 15.1 Å². The van der Waals surface area contributed by atoms with E-state index in [1.807, 2.05) is 24.3 Å². The van der Waals surface area contributed by atoms with Gasteiger partial charge in [-0.1, -0.05) is 28.1 Å². The predicted octanol–water partition coefficient (Wildman–Crippen LogP) is 2.27. The van der Waals surface area contributed by atoms with Crippen LogP contribution in [0, 0.1) is 0 Å². The second-order valence-electron chi connectivity index (χ2n) is 2.45. The maximum atomic E-state index is 8.91. The van der Waals surface area contributed by atoms with Crippen LogP contribution in [0.4, 0.5) is 0 Å². The summed E-state index contributed by atoms with van der Waals surface area (Å²) in [5.41, 5.74) is 1.09. The average molecular weight is 216 g/mol. The lowest BCUT2D eigenvalue weighted by Gasteiger charge is -2.07. The first kappa shape index (κ1) is 8.71. The molecule has 0 unspecified atom stereocenters. The minimum Gasteiger partial charge on any atom is -0.314 e. The van der Waals surface area contributed by atoms with Gasteiger partial charge in [0.05, 0.1) is 0 Å². The van der Waals surface area contributed by atoms with Gasteiger partial charge in [-0.2, -0.15) is 5.06 Å². The van der Waals surface area contributed by atoms with Crippen molar-refractivity contribution in [2.75, 3.05) is 7.05 Å². The molecular weight excluding hydrogens is 206 g/mol. The monoisotopic (exact) mass is 215 g/mol. The Morgan fingerprint density at radius 3 is 2.82 bits per heavy atom. The molecule has 0 saturated carbocycles. The molecule has 0 atom stereocenters. The topological polar surface area (TPSA) is 23.5 Å². The van der Waals surface area contributed by atoms with Gasteiger partial charge in [0.1, 0.15) is 0 Å². The normalized spacial score (nSPS) is 10.5. The third kappa shape index (κ3) is 3.01. The van der Waals surface area contributed by atoms with Crippen molar-refractivity contribution < 1.29 is 5.21 Å². The van der Waals surface area contributed by atoms with E-state index in [4.69, 9.17) is 5.21 Å². The molecule has 1 rings (SSSR count). The van der Waals surface area contributed by atoms with Crippen molar-refractivity contribution in [2.24, 2.45) is 0 Å². The van der Waals surface area contributed by atoms with Crippen molar-refractivity contribution in [2.45, 2.75) is 6.54 Å². The highest BCUT2D eigenvalue weighted by Crippen LogP contribution is 2.12. The zero-order valence-corrected chi connectivity index (χ0v) is 7.87. The SMILES string of the molecule is CN(O)Cc1cccc(Br)c1. The molecule has 0 aliphatic heterocycles. The first-order chi connectivity index (χ1) is 5.18. The number of hydrogen-bond donors (Lipinski definition) is 1. The first-order valence-electron chi connectivity index (χ1n) is 3.33. The molecule has 0 aliphatic carbocycles. The molecule has 0 heterocycles. The summed E-state index contributed by atoms with van der Waals surface area (Å²) in [6.45, 7) is 0.555. The van der Waals surface area contributed by atoms with Crippen LogP contribution < -0.4 is 0 Å². The third-order valence-corrected chi connectivity index (χ3v) is 1.79. The lowest BCUT2D eigenvalue weighted by Crippen LogP contribution is -2.11. The molecule has 2 nitrogen and oxygen atoms in total. The average Bonchev–Trinajstić information content (AvgIpc) is 1.85. The van der Waals surface area contributed by atoms with Gasteiger partial charge in [0.2, 0.25) is 0 Å². The second kappa shape index (κ2) is 3.85. The quantitative estimate of drug-likeness (QED) is 0.766. The summed E-state index contributed by atoms with van der Waals surface area (Å²) in [6, 6.07) is 7.86. The molecule has 0 spiro atoms. The summed E-state index contributed by atoms with van der Waals surface area (Å²) in [7, 11) is 1.63. The van der Waals surface area contributed by atoms with Crippen molar-refractivity contribution in [1.82, 2.24) is 5.06 Å². The standard InChI is InChI=1S/C8H10BrNO/c1-10(11)6-7-3-2-4-8(9)5-7/h2-5,11H,6H2,1H3. The van der Waals surface area contributed by atoms with Crippen LogP contribution in [0.3, 0.4) is 0 Å². The molecule has 1 aromatic rings. The van der Waals surface area contributed by atoms with Crippen molar-refractivity contribution in [1.29, 1.82) is 0 Å². The largest absolute Gasteiger partial charge is 0.314 e. The Labute approximate surface area is 74.5 Å². The zero-order chi connectivity index (χ0) is 8.27. The maximum Gasteiger partial charge on any atom is 0.0485 e. The van der Waals surface area contributed by atoms with Crippen molar-refractivity contribution >= 4 is 15.9 Å². The molecule has 0 bridgehead atoms. The van der Waals surface area contributed by atoms with Crippen LogP contribution in [-0.2, 0) is 6.54 Å². The lowest BCUT2D eigenvalue weighted by molar-refractivity contribution is -0.0731. The number of hydrogen-bond acceptors (Lipinski definition) is 2. The fourth-order valence-corrected chi connectivity index (χ4v) is 1.35. The molecule has 1 N–H and O–H groups in total. The summed E-state index contributed by atoms with van der Waals surface area (Å²) in [5.74, 6) is 0. The van der Waals surface area contributed by atoms with E-state index < -0.39 is 0 Å². The number of halogens is 1. The van der Waals surface area contributed by atoms with Gasteiger partial charge in [-0.25, -0.2) is 0 Å². The van der Waals surface area contributed by atoms with Gasteiger partial charge in [-0.15, -0.1) is 0 Å². The van der Waals surface area contributed by atoms with Gasteiger partial charge in [-0.3, -0.25) is 0 Å². The maximum absolute atomic E-state index is 8.91. The summed E-state index contributed by atoms with van der Waals surface area (Å²) < 4.78 is 1.04. The predicted molar refractivity (Wildman–Crippen MR) is 47.4 cm³/mol. The van der Waals surface area contributed by atoms with Gasteiger partial charge in [0.15, 0.2) is 0 Å². The van der Waals surface area contributed by atoms with Crippen LogP contribution in [0.2, 0.25) is 0 Å². The number of hydroxylamine groups is 2. The fourth-order valence-electron chi connectivity index (χ4n) is 0.900. The lowest BCUT2D eigenvalue weighted by atomic mass is 10.2. The van der Waals surface area contributed by atoms with Crippen molar-refractivity contribution in [3.63, 3.8) is 0 Å². The van der Waals surface area contributed by atoms with Gasteiger partial charge >= 0.3 is 0 Å². The number of nitrogens with zero attached hydrogens (tertiary/aromatic N) is 1. The molecule has 0 amide bonds. The Balaban J connectivity index is 2.71. The summed E-state index contributed by atoms with van der Waals surface area (Å²) >= 11 is 3.35. The van der Waals surface area contributed by atoms with Crippen LogP contribution >= 0.6 is 15.9 Å². The Morgan fingerprint density at radius 1 is 1.55 bits per heavy atom. The number of rotatable bonds is 2. The smallest absolute Gasteiger partial charge is 0.0485 e. The van der Waals surface area contributed by atoms with E-state index in [2.05, 4.69) is 15.9 Å². The summed E-state index contributed by atoms with van der Waals surface area (Å²) in [5, 5.41) is 10.1. The number of benzene rings is 1. The molecule has 0 aromatic heterocycles. The van der Waals surface area contributed by atoms with E-state index in [1.165, 1.54) is 0 Å². The Bertz CT molecular complexity index is 237. The molecule has 60 valence electrons. The van der Waals surface area contributed by atoms with Gasteiger partial charge in [0, 0.05) is 18.1 Å². The van der Waals surface area contributed by atoms with E-state index in [0.29, 0.717) is 6.54 Å². The molecule has 0 radical (unpaired) electrons. The second-order valence-corrected chi connectivity index (χ2v) is 3.36. The minimum absolute atomic E-state index is 0.555. The van der Waals surface area contributed by atoms with Gasteiger partial charge in [0.25, 0.3) is 0 Å². The van der Waals surface area contributed by atoms with Crippen LogP contribution in [0.25, 0.3) is 0 Å². The summed E-state index contributed by atoms with van der Waals surface area (Å²) in [6.07, 6.45) is 0. The fraction of sp³-hybridized carbons (Fsp3) is 0.250. The van der Waals surface area contributed by atoms with Gasteiger partial charge in [-0.05, 0) is 17.7 Å². The van der Waals surface area contributed by atoms with Crippen LogP contribution in [0.5, 0.6) is 0 Å². The molecule has 0 fully saturated rings. The summed E-state index contributed by atoms with van der Waals surface area (Å²) in [4.78, 5) is 0.